The lowest BCUT2D eigenvalue weighted by molar-refractivity contribution is 0.395. The number of hydrogen-bond donors (Lipinski definition) is 1. The average Bonchev–Trinajstić information content (AvgIpc) is 2.51. The molecule has 0 aliphatic carbocycles. The van der Waals surface area contributed by atoms with Crippen LogP contribution in [0.5, 0.6) is 11.5 Å². The van der Waals surface area contributed by atoms with Crippen LogP contribution in [0.15, 0.2) is 36.4 Å². The van der Waals surface area contributed by atoms with Crippen LogP contribution >= 0.6 is 0 Å². The number of ether oxygens (including phenoxy) is 2. The van der Waals surface area contributed by atoms with Gasteiger partial charge in [-0.15, -0.1) is 0 Å². The maximum Gasteiger partial charge on any atom is 0.124 e. The van der Waals surface area contributed by atoms with Crippen LogP contribution in [0.1, 0.15) is 22.7 Å². The minimum Gasteiger partial charge on any atom is -0.497 e. The van der Waals surface area contributed by atoms with Crippen LogP contribution in [0, 0.1) is 12.7 Å². The summed E-state index contributed by atoms with van der Waals surface area (Å²) in [4.78, 5) is 0. The molecule has 0 aliphatic rings. The van der Waals surface area contributed by atoms with E-state index in [9.17, 15) is 4.39 Å². The number of halogens is 1. The van der Waals surface area contributed by atoms with Crippen LogP contribution in [-0.2, 0) is 0 Å². The molecule has 3 nitrogen and oxygen atoms in total. The molecule has 1 unspecified atom stereocenters. The van der Waals surface area contributed by atoms with E-state index in [0.29, 0.717) is 0 Å². The van der Waals surface area contributed by atoms with E-state index < -0.39 is 0 Å². The number of benzene rings is 2. The maximum atomic E-state index is 13.6. The molecule has 112 valence electrons. The summed E-state index contributed by atoms with van der Waals surface area (Å²) in [6.07, 6.45) is 0. The van der Waals surface area contributed by atoms with Crippen molar-refractivity contribution in [3.05, 3.63) is 58.9 Å². The van der Waals surface area contributed by atoms with Gasteiger partial charge in [0.25, 0.3) is 0 Å². The van der Waals surface area contributed by atoms with E-state index >= 15 is 0 Å². The zero-order valence-electron chi connectivity index (χ0n) is 12.7. The molecule has 0 bridgehead atoms. The first kappa shape index (κ1) is 15.3. The molecule has 2 aromatic rings. The molecule has 0 amide bonds. The largest absolute Gasteiger partial charge is 0.497 e. The fourth-order valence-electron chi connectivity index (χ4n) is 2.47. The van der Waals surface area contributed by atoms with Crippen molar-refractivity contribution in [1.82, 2.24) is 5.32 Å². The zero-order valence-corrected chi connectivity index (χ0v) is 12.7. The number of aryl methyl sites for hydroxylation is 1. The van der Waals surface area contributed by atoms with Gasteiger partial charge in [-0.2, -0.15) is 0 Å². The van der Waals surface area contributed by atoms with E-state index in [-0.39, 0.29) is 11.9 Å². The summed E-state index contributed by atoms with van der Waals surface area (Å²) in [6, 6.07) is 10.2. The quantitative estimate of drug-likeness (QED) is 0.914. The molecule has 0 spiro atoms. The van der Waals surface area contributed by atoms with Crippen molar-refractivity contribution in [2.75, 3.05) is 21.3 Å². The fourth-order valence-corrected chi connectivity index (χ4v) is 2.47. The lowest BCUT2D eigenvalue weighted by atomic mass is 9.94. The third kappa shape index (κ3) is 3.16. The monoisotopic (exact) mass is 289 g/mol. The van der Waals surface area contributed by atoms with Gasteiger partial charge < -0.3 is 14.8 Å². The van der Waals surface area contributed by atoms with Gasteiger partial charge in [-0.1, -0.05) is 6.07 Å². The van der Waals surface area contributed by atoms with E-state index in [4.69, 9.17) is 9.47 Å². The smallest absolute Gasteiger partial charge is 0.124 e. The second-order valence-electron chi connectivity index (χ2n) is 4.83. The molecule has 0 saturated carbocycles. The summed E-state index contributed by atoms with van der Waals surface area (Å²) in [5, 5.41) is 3.23. The molecule has 0 heterocycles. The molecule has 1 N–H and O–H groups in total. The Kier molecular flexibility index (Phi) is 4.81. The molecular formula is C17H20FNO2. The van der Waals surface area contributed by atoms with Crippen molar-refractivity contribution < 1.29 is 13.9 Å². The predicted octanol–water partition coefficient (Wildman–Crippen LogP) is 3.46. The summed E-state index contributed by atoms with van der Waals surface area (Å²) >= 11 is 0. The van der Waals surface area contributed by atoms with Crippen LogP contribution < -0.4 is 14.8 Å². The Morgan fingerprint density at radius 2 is 1.76 bits per heavy atom. The Bertz CT molecular complexity index is 628. The highest BCUT2D eigenvalue weighted by atomic mass is 19.1. The average molecular weight is 289 g/mol. The summed E-state index contributed by atoms with van der Waals surface area (Å²) in [7, 11) is 5.08. The van der Waals surface area contributed by atoms with Gasteiger partial charge in [0, 0.05) is 5.56 Å². The first-order valence-electron chi connectivity index (χ1n) is 6.76. The number of nitrogens with one attached hydrogen (secondary N) is 1. The summed E-state index contributed by atoms with van der Waals surface area (Å²) in [5.74, 6) is 1.22. The predicted molar refractivity (Wildman–Crippen MR) is 81.6 cm³/mol. The molecule has 1 atom stereocenters. The SMILES string of the molecule is CNC(c1cc(F)ccc1C)c1cc(OC)ccc1OC. The highest BCUT2D eigenvalue weighted by Crippen LogP contribution is 2.34. The van der Waals surface area contributed by atoms with Gasteiger partial charge in [0.2, 0.25) is 0 Å². The number of hydrogen-bond acceptors (Lipinski definition) is 3. The van der Waals surface area contributed by atoms with Gasteiger partial charge in [0.15, 0.2) is 0 Å². The lowest BCUT2D eigenvalue weighted by Gasteiger charge is -2.22. The molecule has 0 fully saturated rings. The van der Waals surface area contributed by atoms with E-state index in [0.717, 1.165) is 28.2 Å². The molecular weight excluding hydrogens is 269 g/mol. The highest BCUT2D eigenvalue weighted by molar-refractivity contribution is 5.47. The Morgan fingerprint density at radius 1 is 1.00 bits per heavy atom. The first-order chi connectivity index (χ1) is 10.1. The second-order valence-corrected chi connectivity index (χ2v) is 4.83. The third-order valence-corrected chi connectivity index (χ3v) is 3.59. The second kappa shape index (κ2) is 6.59. The molecule has 2 rings (SSSR count). The summed E-state index contributed by atoms with van der Waals surface area (Å²) in [5.41, 5.74) is 2.80. The van der Waals surface area contributed by atoms with Gasteiger partial charge in [-0.3, -0.25) is 0 Å². The zero-order chi connectivity index (χ0) is 15.4. The third-order valence-electron chi connectivity index (χ3n) is 3.59. The molecule has 4 heteroatoms. The van der Waals surface area contributed by atoms with Gasteiger partial charge in [0.1, 0.15) is 17.3 Å². The van der Waals surface area contributed by atoms with Gasteiger partial charge >= 0.3 is 0 Å². The normalized spacial score (nSPS) is 12.0. The van der Waals surface area contributed by atoms with Gasteiger partial charge in [0.05, 0.1) is 20.3 Å². The van der Waals surface area contributed by atoms with Crippen LogP contribution in [0.2, 0.25) is 0 Å². The van der Waals surface area contributed by atoms with Crippen molar-refractivity contribution in [3.63, 3.8) is 0 Å². The Labute approximate surface area is 124 Å². The Hall–Kier alpha value is -2.07. The highest BCUT2D eigenvalue weighted by Gasteiger charge is 2.19. The number of methoxy groups -OCH3 is 2. The fraction of sp³-hybridized carbons (Fsp3) is 0.294. The Morgan fingerprint density at radius 3 is 2.38 bits per heavy atom. The summed E-state index contributed by atoms with van der Waals surface area (Å²) < 4.78 is 24.3. The van der Waals surface area contributed by atoms with Crippen molar-refractivity contribution in [2.24, 2.45) is 0 Å². The molecule has 0 saturated heterocycles. The van der Waals surface area contributed by atoms with Crippen LogP contribution in [0.3, 0.4) is 0 Å². The number of rotatable bonds is 5. The topological polar surface area (TPSA) is 30.5 Å². The van der Waals surface area contributed by atoms with Crippen LogP contribution in [0.4, 0.5) is 4.39 Å². The van der Waals surface area contributed by atoms with Crippen molar-refractivity contribution in [1.29, 1.82) is 0 Å². The molecule has 21 heavy (non-hydrogen) atoms. The lowest BCUT2D eigenvalue weighted by Crippen LogP contribution is -2.19. The molecule has 0 radical (unpaired) electrons. The minimum atomic E-state index is -0.252. The van der Waals surface area contributed by atoms with Crippen LogP contribution in [-0.4, -0.2) is 21.3 Å². The minimum absolute atomic E-state index is 0.175. The summed E-state index contributed by atoms with van der Waals surface area (Å²) in [6.45, 7) is 1.96. The first-order valence-corrected chi connectivity index (χ1v) is 6.76. The van der Waals surface area contributed by atoms with Crippen molar-refractivity contribution in [2.45, 2.75) is 13.0 Å². The molecule has 2 aromatic carbocycles. The molecule has 0 aromatic heterocycles. The standard InChI is InChI=1S/C17H20FNO2/c1-11-5-6-12(18)9-14(11)17(19-2)15-10-13(20-3)7-8-16(15)21-4/h5-10,17,19H,1-4H3. The van der Waals surface area contributed by atoms with Gasteiger partial charge in [-0.25, -0.2) is 4.39 Å². The van der Waals surface area contributed by atoms with Crippen LogP contribution in [0.25, 0.3) is 0 Å². The Balaban J connectivity index is 2.57. The van der Waals surface area contributed by atoms with Gasteiger partial charge in [-0.05, 0) is 55.4 Å². The van der Waals surface area contributed by atoms with E-state index in [1.165, 1.54) is 6.07 Å². The van der Waals surface area contributed by atoms with Crippen molar-refractivity contribution >= 4 is 0 Å². The maximum absolute atomic E-state index is 13.6. The van der Waals surface area contributed by atoms with E-state index in [1.807, 2.05) is 32.2 Å². The van der Waals surface area contributed by atoms with E-state index in [2.05, 4.69) is 5.32 Å². The van der Waals surface area contributed by atoms with E-state index in [1.54, 1.807) is 26.4 Å². The van der Waals surface area contributed by atoms with Crippen molar-refractivity contribution in [3.8, 4) is 11.5 Å². The molecule has 0 aliphatic heterocycles.